The van der Waals surface area contributed by atoms with Gasteiger partial charge in [-0.1, -0.05) is 0 Å². The van der Waals surface area contributed by atoms with Gasteiger partial charge in [-0.25, -0.2) is 0 Å². The van der Waals surface area contributed by atoms with Crippen LogP contribution >= 0.6 is 11.3 Å². The van der Waals surface area contributed by atoms with Crippen LogP contribution in [0.1, 0.15) is 20.8 Å². The first-order chi connectivity index (χ1) is 6.59. The maximum atomic E-state index is 4.11. The Bertz CT molecular complexity index is 410. The highest BCUT2D eigenvalue weighted by Gasteiger charge is 2.19. The molecule has 5 heteroatoms. The Balaban J connectivity index is 2.51. The summed E-state index contributed by atoms with van der Waals surface area (Å²) in [6.45, 7) is 6.38. The molecule has 14 heavy (non-hydrogen) atoms. The predicted molar refractivity (Wildman–Crippen MR) is 56.1 cm³/mol. The lowest BCUT2D eigenvalue weighted by Gasteiger charge is -2.21. The summed E-state index contributed by atoms with van der Waals surface area (Å²) in [6.07, 6.45) is 3.58. The summed E-state index contributed by atoms with van der Waals surface area (Å²) in [7, 11) is 0. The van der Waals surface area contributed by atoms with Gasteiger partial charge in [0.2, 0.25) is 0 Å². The van der Waals surface area contributed by atoms with Crippen molar-refractivity contribution in [3.05, 3.63) is 18.0 Å². The van der Waals surface area contributed by atoms with Gasteiger partial charge in [-0.05, 0) is 20.8 Å². The molecule has 0 fully saturated rings. The van der Waals surface area contributed by atoms with E-state index in [1.165, 1.54) is 0 Å². The summed E-state index contributed by atoms with van der Waals surface area (Å²) in [5, 5.41) is 8.04. The summed E-state index contributed by atoms with van der Waals surface area (Å²) >= 11 is 1.58. The summed E-state index contributed by atoms with van der Waals surface area (Å²) in [5.74, 6) is 0.889. The van der Waals surface area contributed by atoms with E-state index in [1.807, 2.05) is 6.20 Å². The number of hydrogen-bond donors (Lipinski definition) is 0. The molecule has 0 spiro atoms. The minimum atomic E-state index is 0.00280. The zero-order valence-electron chi connectivity index (χ0n) is 8.43. The van der Waals surface area contributed by atoms with Gasteiger partial charge in [-0.2, -0.15) is 0 Å². The molecule has 2 aromatic heterocycles. The van der Waals surface area contributed by atoms with Crippen molar-refractivity contribution in [1.82, 2.24) is 19.7 Å². The van der Waals surface area contributed by atoms with Crippen LogP contribution in [-0.2, 0) is 5.54 Å². The average Bonchev–Trinajstić information content (AvgIpc) is 2.73. The molecule has 4 nitrogen and oxygen atoms in total. The largest absolute Gasteiger partial charge is 0.307 e. The lowest BCUT2D eigenvalue weighted by molar-refractivity contribution is 0.400. The quantitative estimate of drug-likeness (QED) is 0.721. The topological polar surface area (TPSA) is 43.6 Å². The maximum Gasteiger partial charge on any atom is 0.175 e. The third-order valence-electron chi connectivity index (χ3n) is 1.92. The standard InChI is InChI=1S/C9H12N4S/c1-9(2,3)13-5-11-12-8(13)7-4-10-6-14-7/h4-6H,1-3H3. The molecule has 0 bridgehead atoms. The first kappa shape index (κ1) is 9.33. The minimum Gasteiger partial charge on any atom is -0.307 e. The number of thiazole rings is 1. The highest BCUT2D eigenvalue weighted by atomic mass is 32.1. The molecule has 2 rings (SSSR count). The molecule has 0 aromatic carbocycles. The van der Waals surface area contributed by atoms with Crippen LogP contribution < -0.4 is 0 Å². The molecule has 2 heterocycles. The molecule has 0 aliphatic heterocycles. The van der Waals surface area contributed by atoms with E-state index >= 15 is 0 Å². The van der Waals surface area contributed by atoms with Gasteiger partial charge in [-0.3, -0.25) is 4.98 Å². The summed E-state index contributed by atoms with van der Waals surface area (Å²) < 4.78 is 2.06. The number of nitrogens with zero attached hydrogens (tertiary/aromatic N) is 4. The Kier molecular flexibility index (Phi) is 2.11. The molecule has 0 atom stereocenters. The molecule has 0 saturated heterocycles. The Labute approximate surface area is 86.6 Å². The molecule has 0 aliphatic carbocycles. The molecule has 0 aliphatic rings. The van der Waals surface area contributed by atoms with Gasteiger partial charge >= 0.3 is 0 Å². The van der Waals surface area contributed by atoms with Crippen LogP contribution in [0.25, 0.3) is 10.7 Å². The van der Waals surface area contributed by atoms with E-state index in [2.05, 4.69) is 40.5 Å². The Morgan fingerprint density at radius 2 is 2.14 bits per heavy atom. The van der Waals surface area contributed by atoms with Crippen molar-refractivity contribution in [2.75, 3.05) is 0 Å². The van der Waals surface area contributed by atoms with Crippen molar-refractivity contribution in [3.8, 4) is 10.7 Å². The van der Waals surface area contributed by atoms with Gasteiger partial charge in [0.1, 0.15) is 6.33 Å². The van der Waals surface area contributed by atoms with E-state index in [0.29, 0.717) is 0 Å². The van der Waals surface area contributed by atoms with Crippen molar-refractivity contribution in [1.29, 1.82) is 0 Å². The number of hydrogen-bond acceptors (Lipinski definition) is 4. The fraction of sp³-hybridized carbons (Fsp3) is 0.444. The van der Waals surface area contributed by atoms with Gasteiger partial charge in [0.05, 0.1) is 10.4 Å². The Hall–Kier alpha value is -1.23. The molecule has 0 amide bonds. The Morgan fingerprint density at radius 1 is 1.36 bits per heavy atom. The monoisotopic (exact) mass is 208 g/mol. The Morgan fingerprint density at radius 3 is 2.71 bits per heavy atom. The minimum absolute atomic E-state index is 0.00280. The van der Waals surface area contributed by atoms with E-state index in [4.69, 9.17) is 0 Å². The van der Waals surface area contributed by atoms with Crippen molar-refractivity contribution in [2.45, 2.75) is 26.3 Å². The number of aromatic nitrogens is 4. The molecular weight excluding hydrogens is 196 g/mol. The molecule has 0 N–H and O–H groups in total. The van der Waals surface area contributed by atoms with E-state index in [-0.39, 0.29) is 5.54 Å². The lowest BCUT2D eigenvalue weighted by Crippen LogP contribution is -2.21. The van der Waals surface area contributed by atoms with Crippen LogP contribution in [0.15, 0.2) is 18.0 Å². The second-order valence-electron chi connectivity index (χ2n) is 4.06. The third-order valence-corrected chi connectivity index (χ3v) is 2.69. The van der Waals surface area contributed by atoms with Gasteiger partial charge in [0, 0.05) is 11.7 Å². The summed E-state index contributed by atoms with van der Waals surface area (Å²) in [4.78, 5) is 5.09. The molecule has 74 valence electrons. The summed E-state index contributed by atoms with van der Waals surface area (Å²) in [6, 6.07) is 0. The first-order valence-electron chi connectivity index (χ1n) is 4.38. The molecule has 0 radical (unpaired) electrons. The first-order valence-corrected chi connectivity index (χ1v) is 5.26. The van der Waals surface area contributed by atoms with Crippen molar-refractivity contribution in [2.24, 2.45) is 0 Å². The third kappa shape index (κ3) is 1.55. The fourth-order valence-corrected chi connectivity index (χ4v) is 1.82. The molecule has 0 unspecified atom stereocenters. The highest BCUT2D eigenvalue weighted by molar-refractivity contribution is 7.13. The van der Waals surface area contributed by atoms with Crippen LogP contribution in [-0.4, -0.2) is 19.7 Å². The second kappa shape index (κ2) is 3.16. The number of rotatable bonds is 1. The van der Waals surface area contributed by atoms with E-state index in [9.17, 15) is 0 Å². The van der Waals surface area contributed by atoms with Gasteiger partial charge in [0.25, 0.3) is 0 Å². The normalized spacial score (nSPS) is 11.9. The van der Waals surface area contributed by atoms with Crippen molar-refractivity contribution < 1.29 is 0 Å². The molecular formula is C9H12N4S. The second-order valence-corrected chi connectivity index (χ2v) is 4.95. The van der Waals surface area contributed by atoms with E-state index < -0.39 is 0 Å². The molecule has 2 aromatic rings. The van der Waals surface area contributed by atoms with Crippen molar-refractivity contribution in [3.63, 3.8) is 0 Å². The van der Waals surface area contributed by atoms with Crippen LogP contribution in [0.2, 0.25) is 0 Å². The lowest BCUT2D eigenvalue weighted by atomic mass is 10.1. The van der Waals surface area contributed by atoms with Crippen LogP contribution in [0.3, 0.4) is 0 Å². The van der Waals surface area contributed by atoms with E-state index in [1.54, 1.807) is 23.2 Å². The summed E-state index contributed by atoms with van der Waals surface area (Å²) in [5.41, 5.74) is 1.81. The zero-order valence-corrected chi connectivity index (χ0v) is 9.25. The van der Waals surface area contributed by atoms with Gasteiger partial charge in [-0.15, -0.1) is 21.5 Å². The highest BCUT2D eigenvalue weighted by Crippen LogP contribution is 2.25. The van der Waals surface area contributed by atoms with Crippen LogP contribution in [0, 0.1) is 0 Å². The zero-order chi connectivity index (χ0) is 10.2. The fourth-order valence-electron chi connectivity index (χ4n) is 1.22. The van der Waals surface area contributed by atoms with Crippen molar-refractivity contribution >= 4 is 11.3 Å². The SMILES string of the molecule is CC(C)(C)n1cnnc1-c1cncs1. The molecule has 0 saturated carbocycles. The maximum absolute atomic E-state index is 4.11. The van der Waals surface area contributed by atoms with Gasteiger partial charge < -0.3 is 4.57 Å². The smallest absolute Gasteiger partial charge is 0.175 e. The average molecular weight is 208 g/mol. The predicted octanol–water partition coefficient (Wildman–Crippen LogP) is 2.16. The van der Waals surface area contributed by atoms with Gasteiger partial charge in [0.15, 0.2) is 5.82 Å². The van der Waals surface area contributed by atoms with Crippen LogP contribution in [0.5, 0.6) is 0 Å². The van der Waals surface area contributed by atoms with E-state index in [0.717, 1.165) is 10.7 Å². The van der Waals surface area contributed by atoms with Crippen LogP contribution in [0.4, 0.5) is 0 Å².